The Morgan fingerprint density at radius 1 is 1.53 bits per heavy atom. The normalized spacial score (nSPS) is 14.4. The van der Waals surface area contributed by atoms with E-state index in [-0.39, 0.29) is 13.0 Å². The molecule has 0 aliphatic rings. The van der Waals surface area contributed by atoms with Gasteiger partial charge in [0.05, 0.1) is 18.6 Å². The van der Waals surface area contributed by atoms with Crippen LogP contribution in [0, 0.1) is 6.92 Å². The molecule has 0 radical (unpaired) electrons. The average Bonchev–Trinajstić information content (AvgIpc) is 2.28. The predicted molar refractivity (Wildman–Crippen MR) is 65.3 cm³/mol. The molecule has 1 unspecified atom stereocenters. The van der Waals surface area contributed by atoms with E-state index in [1.807, 2.05) is 32.0 Å². The van der Waals surface area contributed by atoms with E-state index >= 15 is 0 Å². The summed E-state index contributed by atoms with van der Waals surface area (Å²) < 4.78 is 5.43. The van der Waals surface area contributed by atoms with Crippen LogP contribution in [0.25, 0.3) is 0 Å². The van der Waals surface area contributed by atoms with Gasteiger partial charge in [-0.15, -0.1) is 0 Å². The lowest BCUT2D eigenvalue weighted by Crippen LogP contribution is -2.31. The molecule has 1 rings (SSSR count). The summed E-state index contributed by atoms with van der Waals surface area (Å²) in [4.78, 5) is 11.1. The molecule has 0 heterocycles. The zero-order valence-electron chi connectivity index (χ0n) is 10.5. The quantitative estimate of drug-likeness (QED) is 0.808. The van der Waals surface area contributed by atoms with Gasteiger partial charge in [-0.25, -0.2) is 0 Å². The molecule has 0 spiro atoms. The fourth-order valence-corrected chi connectivity index (χ4v) is 1.95. The van der Waals surface area contributed by atoms with Crippen LogP contribution in [-0.4, -0.2) is 18.1 Å². The molecule has 3 N–H and O–H groups in total. The van der Waals surface area contributed by atoms with Crippen molar-refractivity contribution in [1.29, 1.82) is 0 Å². The summed E-state index contributed by atoms with van der Waals surface area (Å²) in [6.45, 7) is 3.72. The number of carbonyl (C=O) groups is 1. The molecule has 0 saturated carbocycles. The molecule has 0 aliphatic carbocycles. The number of aliphatic hydroxyl groups is 1. The van der Waals surface area contributed by atoms with Crippen molar-refractivity contribution in [2.75, 3.05) is 7.11 Å². The number of amides is 1. The van der Waals surface area contributed by atoms with Gasteiger partial charge in [-0.1, -0.05) is 18.2 Å². The summed E-state index contributed by atoms with van der Waals surface area (Å²) in [5, 5.41) is 9.14. The Morgan fingerprint density at radius 3 is 2.65 bits per heavy atom. The maximum atomic E-state index is 11.1. The first kappa shape index (κ1) is 13.7. The molecule has 1 aromatic rings. The third kappa shape index (κ3) is 3.05. The van der Waals surface area contributed by atoms with Crippen LogP contribution in [0.5, 0.6) is 0 Å². The van der Waals surface area contributed by atoms with Gasteiger partial charge in [-0.05, 0) is 30.5 Å². The van der Waals surface area contributed by atoms with E-state index in [0.29, 0.717) is 0 Å². The lowest BCUT2D eigenvalue weighted by atomic mass is 9.87. The molecular formula is C13H19NO3. The number of ether oxygens (including phenoxy) is 1. The highest BCUT2D eigenvalue weighted by atomic mass is 16.5. The zero-order valence-corrected chi connectivity index (χ0v) is 10.5. The lowest BCUT2D eigenvalue weighted by Gasteiger charge is -2.29. The highest BCUT2D eigenvalue weighted by Gasteiger charge is 2.30. The van der Waals surface area contributed by atoms with Crippen molar-refractivity contribution >= 4 is 5.91 Å². The third-order valence-electron chi connectivity index (χ3n) is 3.02. The highest BCUT2D eigenvalue weighted by Crippen LogP contribution is 2.31. The molecule has 0 aromatic heterocycles. The number of nitrogens with two attached hydrogens (primary N) is 1. The summed E-state index contributed by atoms with van der Waals surface area (Å²) in [5.74, 6) is -0.414. The van der Waals surface area contributed by atoms with Crippen LogP contribution < -0.4 is 5.73 Å². The van der Waals surface area contributed by atoms with Crippen LogP contribution in [-0.2, 0) is 21.7 Å². The molecule has 94 valence electrons. The van der Waals surface area contributed by atoms with Crippen molar-refractivity contribution in [3.63, 3.8) is 0 Å². The molecule has 0 aliphatic heterocycles. The smallest absolute Gasteiger partial charge is 0.220 e. The fourth-order valence-electron chi connectivity index (χ4n) is 1.95. The number of carbonyl (C=O) groups excluding carboxylic acids is 1. The van der Waals surface area contributed by atoms with Gasteiger partial charge in [0.1, 0.15) is 0 Å². The van der Waals surface area contributed by atoms with Crippen LogP contribution in [0.1, 0.15) is 30.0 Å². The van der Waals surface area contributed by atoms with Crippen LogP contribution in [0.3, 0.4) is 0 Å². The van der Waals surface area contributed by atoms with Crippen molar-refractivity contribution in [2.24, 2.45) is 5.73 Å². The number of hydrogen-bond donors (Lipinski definition) is 2. The number of primary amides is 1. The van der Waals surface area contributed by atoms with E-state index in [2.05, 4.69) is 0 Å². The summed E-state index contributed by atoms with van der Waals surface area (Å²) in [5.41, 5.74) is 7.17. The van der Waals surface area contributed by atoms with Crippen LogP contribution in [0.2, 0.25) is 0 Å². The van der Waals surface area contributed by atoms with Gasteiger partial charge in [-0.3, -0.25) is 4.79 Å². The van der Waals surface area contributed by atoms with E-state index in [4.69, 9.17) is 15.6 Å². The second-order valence-corrected chi connectivity index (χ2v) is 4.39. The third-order valence-corrected chi connectivity index (χ3v) is 3.02. The largest absolute Gasteiger partial charge is 0.392 e. The fraction of sp³-hybridized carbons (Fsp3) is 0.462. The van der Waals surface area contributed by atoms with Crippen molar-refractivity contribution in [1.82, 2.24) is 0 Å². The van der Waals surface area contributed by atoms with E-state index in [1.54, 1.807) is 7.11 Å². The molecule has 0 saturated heterocycles. The van der Waals surface area contributed by atoms with Crippen LogP contribution in [0.15, 0.2) is 18.2 Å². The van der Waals surface area contributed by atoms with Gasteiger partial charge in [0.15, 0.2) is 0 Å². The molecule has 4 nitrogen and oxygen atoms in total. The molecular weight excluding hydrogens is 218 g/mol. The maximum absolute atomic E-state index is 11.1. The minimum atomic E-state index is -0.749. The minimum absolute atomic E-state index is 0.0380. The first-order valence-corrected chi connectivity index (χ1v) is 5.47. The summed E-state index contributed by atoms with van der Waals surface area (Å²) in [7, 11) is 1.55. The van der Waals surface area contributed by atoms with Crippen molar-refractivity contribution in [3.05, 3.63) is 34.9 Å². The molecule has 1 aromatic carbocycles. The topological polar surface area (TPSA) is 72.5 Å². The Morgan fingerprint density at radius 2 is 2.18 bits per heavy atom. The number of aliphatic hydroxyl groups excluding tert-OH is 1. The summed E-state index contributed by atoms with van der Waals surface area (Å²) in [6, 6.07) is 5.60. The predicted octanol–water partition coefficient (Wildman–Crippen LogP) is 1.22. The summed E-state index contributed by atoms with van der Waals surface area (Å²) >= 11 is 0. The minimum Gasteiger partial charge on any atom is -0.392 e. The Bertz CT molecular complexity index is 417. The van der Waals surface area contributed by atoms with Crippen LogP contribution in [0.4, 0.5) is 0 Å². The van der Waals surface area contributed by atoms with E-state index in [9.17, 15) is 4.79 Å². The second-order valence-electron chi connectivity index (χ2n) is 4.39. The summed E-state index contributed by atoms with van der Waals surface area (Å²) in [6.07, 6.45) is 0.110. The zero-order chi connectivity index (χ0) is 13.1. The second kappa shape index (κ2) is 5.29. The molecule has 0 fully saturated rings. The van der Waals surface area contributed by atoms with E-state index < -0.39 is 11.5 Å². The van der Waals surface area contributed by atoms with Crippen molar-refractivity contribution in [3.8, 4) is 0 Å². The Hall–Kier alpha value is -1.39. The standard InChI is InChI=1S/C13H19NO3/c1-9-4-5-10(8-15)6-11(9)13(2,17-3)7-12(14)16/h4-6,15H,7-8H2,1-3H3,(H2,14,16). The van der Waals surface area contributed by atoms with Gasteiger partial charge >= 0.3 is 0 Å². The Labute approximate surface area is 101 Å². The highest BCUT2D eigenvalue weighted by molar-refractivity contribution is 5.75. The van der Waals surface area contributed by atoms with E-state index in [0.717, 1.165) is 16.7 Å². The number of hydrogen-bond acceptors (Lipinski definition) is 3. The first-order valence-electron chi connectivity index (χ1n) is 5.47. The van der Waals surface area contributed by atoms with Gasteiger partial charge in [0.25, 0.3) is 0 Å². The number of rotatable bonds is 5. The van der Waals surface area contributed by atoms with Gasteiger partial charge in [0, 0.05) is 7.11 Å². The lowest BCUT2D eigenvalue weighted by molar-refractivity contribution is -0.124. The van der Waals surface area contributed by atoms with Crippen LogP contribution >= 0.6 is 0 Å². The molecule has 4 heteroatoms. The maximum Gasteiger partial charge on any atom is 0.220 e. The molecule has 1 atom stereocenters. The van der Waals surface area contributed by atoms with E-state index in [1.165, 1.54) is 0 Å². The Kier molecular flexibility index (Phi) is 4.26. The SMILES string of the molecule is COC(C)(CC(N)=O)c1cc(CO)ccc1C. The van der Waals surface area contributed by atoms with Crippen molar-refractivity contribution in [2.45, 2.75) is 32.5 Å². The Balaban J connectivity index is 3.22. The average molecular weight is 237 g/mol. The first-order chi connectivity index (χ1) is 7.92. The number of methoxy groups -OCH3 is 1. The van der Waals surface area contributed by atoms with Gasteiger partial charge < -0.3 is 15.6 Å². The molecule has 0 bridgehead atoms. The number of aryl methyl sites for hydroxylation is 1. The molecule has 1 amide bonds. The molecule has 17 heavy (non-hydrogen) atoms. The monoisotopic (exact) mass is 237 g/mol. The van der Waals surface area contributed by atoms with Gasteiger partial charge in [0.2, 0.25) is 5.91 Å². The number of benzene rings is 1. The van der Waals surface area contributed by atoms with Crippen molar-refractivity contribution < 1.29 is 14.6 Å². The van der Waals surface area contributed by atoms with Gasteiger partial charge in [-0.2, -0.15) is 0 Å².